The number of hydrogen-bond donors (Lipinski definition) is 1. The van der Waals surface area contributed by atoms with E-state index in [-0.39, 0.29) is 12.5 Å². The smallest absolute Gasteiger partial charge is 0.179 e. The highest BCUT2D eigenvalue weighted by atomic mass is 35.5. The number of ether oxygens (including phenoxy) is 2. The summed E-state index contributed by atoms with van der Waals surface area (Å²) >= 11 is 12.3. The van der Waals surface area contributed by atoms with Crippen LogP contribution < -0.4 is 9.47 Å². The molecule has 0 radical (unpaired) electrons. The fourth-order valence-corrected chi connectivity index (χ4v) is 3.50. The van der Waals surface area contributed by atoms with Gasteiger partial charge in [-0.3, -0.25) is 9.97 Å². The molecular weight excluding hydrogens is 363 g/mol. The standard InChI is InChI=1S/C18H20Cl2N2O3/c1-24-18-10-22-15(7-17(18)25-11-4-2-3-5-11)16(23)6-12-13(19)8-21-9-14(12)20/h7-11,16,23H,2-6H2,1H3. The number of aromatic nitrogens is 2. The molecule has 1 aliphatic carbocycles. The molecule has 1 unspecified atom stereocenters. The van der Waals surface area contributed by atoms with E-state index in [0.29, 0.717) is 32.8 Å². The van der Waals surface area contributed by atoms with E-state index in [2.05, 4.69) is 9.97 Å². The van der Waals surface area contributed by atoms with E-state index in [4.69, 9.17) is 32.7 Å². The number of aliphatic hydroxyl groups is 1. The molecule has 0 amide bonds. The van der Waals surface area contributed by atoms with Gasteiger partial charge in [-0.05, 0) is 31.2 Å². The predicted molar refractivity (Wildman–Crippen MR) is 96.6 cm³/mol. The van der Waals surface area contributed by atoms with Gasteiger partial charge in [0.25, 0.3) is 0 Å². The van der Waals surface area contributed by atoms with Crippen LogP contribution in [-0.4, -0.2) is 28.3 Å². The molecule has 1 atom stereocenters. The van der Waals surface area contributed by atoms with Crippen LogP contribution in [0.2, 0.25) is 10.0 Å². The SMILES string of the molecule is COc1cnc(C(O)Cc2c(Cl)cncc2Cl)cc1OC1CCCC1. The summed E-state index contributed by atoms with van der Waals surface area (Å²) in [7, 11) is 1.57. The van der Waals surface area contributed by atoms with E-state index in [1.165, 1.54) is 25.2 Å². The van der Waals surface area contributed by atoms with Crippen LogP contribution in [0.5, 0.6) is 11.5 Å². The van der Waals surface area contributed by atoms with Crippen LogP contribution in [0.25, 0.3) is 0 Å². The van der Waals surface area contributed by atoms with Crippen LogP contribution in [0.3, 0.4) is 0 Å². The van der Waals surface area contributed by atoms with E-state index < -0.39 is 6.10 Å². The van der Waals surface area contributed by atoms with Gasteiger partial charge in [-0.1, -0.05) is 23.2 Å². The Bertz CT molecular complexity index is 716. The fourth-order valence-electron chi connectivity index (χ4n) is 2.98. The minimum absolute atomic E-state index is 0.186. The molecular formula is C18H20Cl2N2O3. The third-order valence-electron chi connectivity index (χ3n) is 4.36. The highest BCUT2D eigenvalue weighted by Gasteiger charge is 2.21. The number of pyridine rings is 2. The number of methoxy groups -OCH3 is 1. The zero-order valence-electron chi connectivity index (χ0n) is 13.9. The first-order chi connectivity index (χ1) is 12.1. The second kappa shape index (κ2) is 8.21. The van der Waals surface area contributed by atoms with Crippen molar-refractivity contribution >= 4 is 23.2 Å². The summed E-state index contributed by atoms with van der Waals surface area (Å²) < 4.78 is 11.4. The molecule has 0 saturated heterocycles. The predicted octanol–water partition coefficient (Wildman–Crippen LogP) is 4.39. The maximum atomic E-state index is 10.6. The van der Waals surface area contributed by atoms with Crippen molar-refractivity contribution < 1.29 is 14.6 Å². The Morgan fingerprint density at radius 2 is 1.84 bits per heavy atom. The van der Waals surface area contributed by atoms with Crippen molar-refractivity contribution in [1.82, 2.24) is 9.97 Å². The van der Waals surface area contributed by atoms with Crippen molar-refractivity contribution in [3.8, 4) is 11.5 Å². The minimum Gasteiger partial charge on any atom is -0.491 e. The molecule has 7 heteroatoms. The average molecular weight is 383 g/mol. The molecule has 5 nitrogen and oxygen atoms in total. The third kappa shape index (κ3) is 4.35. The summed E-state index contributed by atoms with van der Waals surface area (Å²) in [6, 6.07) is 1.73. The summed E-state index contributed by atoms with van der Waals surface area (Å²) in [5, 5.41) is 11.4. The third-order valence-corrected chi connectivity index (χ3v) is 5.01. The zero-order valence-corrected chi connectivity index (χ0v) is 15.4. The van der Waals surface area contributed by atoms with Crippen LogP contribution in [0.15, 0.2) is 24.7 Å². The summed E-state index contributed by atoms with van der Waals surface area (Å²) in [6.07, 6.45) is 8.55. The van der Waals surface area contributed by atoms with Gasteiger partial charge >= 0.3 is 0 Å². The molecule has 1 fully saturated rings. The number of nitrogens with zero attached hydrogens (tertiary/aromatic N) is 2. The van der Waals surface area contributed by atoms with E-state index >= 15 is 0 Å². The minimum atomic E-state index is -0.866. The van der Waals surface area contributed by atoms with Gasteiger partial charge in [0.05, 0.1) is 35.1 Å². The summed E-state index contributed by atoms with van der Waals surface area (Å²) in [4.78, 5) is 8.20. The second-order valence-electron chi connectivity index (χ2n) is 6.09. The van der Waals surface area contributed by atoms with E-state index in [1.807, 2.05) is 0 Å². The van der Waals surface area contributed by atoms with Gasteiger partial charge in [0.1, 0.15) is 6.10 Å². The van der Waals surface area contributed by atoms with Gasteiger partial charge in [0.2, 0.25) is 0 Å². The van der Waals surface area contributed by atoms with Gasteiger partial charge in [-0.2, -0.15) is 0 Å². The Balaban J connectivity index is 1.81. The topological polar surface area (TPSA) is 64.5 Å². The lowest BCUT2D eigenvalue weighted by Gasteiger charge is -2.18. The van der Waals surface area contributed by atoms with Gasteiger partial charge in [0.15, 0.2) is 11.5 Å². The number of rotatable bonds is 6. The van der Waals surface area contributed by atoms with Crippen molar-refractivity contribution in [2.45, 2.75) is 44.3 Å². The van der Waals surface area contributed by atoms with Crippen molar-refractivity contribution in [3.05, 3.63) is 46.0 Å². The monoisotopic (exact) mass is 382 g/mol. The molecule has 3 rings (SSSR count). The van der Waals surface area contributed by atoms with Gasteiger partial charge < -0.3 is 14.6 Å². The maximum Gasteiger partial charge on any atom is 0.179 e. The Kier molecular flexibility index (Phi) is 5.99. The second-order valence-corrected chi connectivity index (χ2v) is 6.90. The fraction of sp³-hybridized carbons (Fsp3) is 0.444. The number of halogens is 2. The maximum absolute atomic E-state index is 10.6. The first-order valence-corrected chi connectivity index (χ1v) is 9.00. The first-order valence-electron chi connectivity index (χ1n) is 8.25. The molecule has 0 bridgehead atoms. The summed E-state index contributed by atoms with van der Waals surface area (Å²) in [5.41, 5.74) is 1.12. The molecule has 2 aromatic rings. The summed E-state index contributed by atoms with van der Waals surface area (Å²) in [6.45, 7) is 0. The van der Waals surface area contributed by atoms with E-state index in [1.54, 1.807) is 19.4 Å². The largest absolute Gasteiger partial charge is 0.491 e. The van der Waals surface area contributed by atoms with Crippen LogP contribution in [0, 0.1) is 0 Å². The summed E-state index contributed by atoms with van der Waals surface area (Å²) in [5.74, 6) is 1.16. The molecule has 2 aromatic heterocycles. The molecule has 134 valence electrons. The lowest BCUT2D eigenvalue weighted by Crippen LogP contribution is -2.13. The van der Waals surface area contributed by atoms with Gasteiger partial charge in [0, 0.05) is 24.9 Å². The van der Waals surface area contributed by atoms with Crippen LogP contribution in [0.1, 0.15) is 43.0 Å². The highest BCUT2D eigenvalue weighted by Crippen LogP contribution is 2.34. The number of aliphatic hydroxyl groups excluding tert-OH is 1. The van der Waals surface area contributed by atoms with Crippen molar-refractivity contribution in [3.63, 3.8) is 0 Å². The Labute approximate surface area is 156 Å². The van der Waals surface area contributed by atoms with Crippen LogP contribution >= 0.6 is 23.2 Å². The quantitative estimate of drug-likeness (QED) is 0.802. The van der Waals surface area contributed by atoms with E-state index in [0.717, 1.165) is 12.8 Å². The number of hydrogen-bond acceptors (Lipinski definition) is 5. The average Bonchev–Trinajstić information content (AvgIpc) is 3.11. The molecule has 2 heterocycles. The Morgan fingerprint density at radius 1 is 1.16 bits per heavy atom. The molecule has 0 aromatic carbocycles. The van der Waals surface area contributed by atoms with Crippen molar-refractivity contribution in [1.29, 1.82) is 0 Å². The molecule has 0 aliphatic heterocycles. The van der Waals surface area contributed by atoms with Crippen LogP contribution in [0.4, 0.5) is 0 Å². The van der Waals surface area contributed by atoms with E-state index in [9.17, 15) is 5.11 Å². The van der Waals surface area contributed by atoms with Gasteiger partial charge in [-0.15, -0.1) is 0 Å². The first kappa shape index (κ1) is 18.2. The Hall–Kier alpha value is -1.56. The lowest BCUT2D eigenvalue weighted by molar-refractivity contribution is 0.169. The molecule has 1 saturated carbocycles. The van der Waals surface area contributed by atoms with Crippen molar-refractivity contribution in [2.75, 3.05) is 7.11 Å². The molecule has 1 N–H and O–H groups in total. The zero-order chi connectivity index (χ0) is 17.8. The molecule has 0 spiro atoms. The van der Waals surface area contributed by atoms with Crippen molar-refractivity contribution in [2.24, 2.45) is 0 Å². The van der Waals surface area contributed by atoms with Gasteiger partial charge in [-0.25, -0.2) is 0 Å². The lowest BCUT2D eigenvalue weighted by atomic mass is 10.1. The molecule has 1 aliphatic rings. The van der Waals surface area contributed by atoms with Crippen LogP contribution in [-0.2, 0) is 6.42 Å². The normalized spacial score (nSPS) is 16.0. The Morgan fingerprint density at radius 3 is 2.48 bits per heavy atom. The molecule has 25 heavy (non-hydrogen) atoms. The highest BCUT2D eigenvalue weighted by molar-refractivity contribution is 6.35.